The third kappa shape index (κ3) is 4.91. The van der Waals surface area contributed by atoms with Crippen molar-refractivity contribution in [3.63, 3.8) is 0 Å². The van der Waals surface area contributed by atoms with Crippen molar-refractivity contribution in [2.75, 3.05) is 12.4 Å². The molecule has 0 fully saturated rings. The minimum absolute atomic E-state index is 0.0808. The molecule has 0 spiro atoms. The number of carbonyl (C=O) groups is 1. The van der Waals surface area contributed by atoms with Crippen molar-refractivity contribution < 1.29 is 19.0 Å². The number of anilines is 1. The zero-order chi connectivity index (χ0) is 19.9. The summed E-state index contributed by atoms with van der Waals surface area (Å²) in [6, 6.07) is 18.1. The Kier molecular flexibility index (Phi) is 5.96. The number of non-ortho nitro benzene ring substituents is 1. The largest absolute Gasteiger partial charge is 0.495 e. The lowest BCUT2D eigenvalue weighted by molar-refractivity contribution is -0.684. The molecule has 0 bridgehead atoms. The number of methoxy groups -OCH3 is 1. The first-order chi connectivity index (χ1) is 13.5. The summed E-state index contributed by atoms with van der Waals surface area (Å²) in [7, 11) is 1.44. The van der Waals surface area contributed by atoms with Crippen molar-refractivity contribution in [3.05, 3.63) is 94.3 Å². The zero-order valence-corrected chi connectivity index (χ0v) is 15.4. The molecule has 3 aromatic rings. The topological polar surface area (TPSA) is 85.3 Å². The average Bonchev–Trinajstić information content (AvgIpc) is 2.70. The van der Waals surface area contributed by atoms with Crippen LogP contribution in [0, 0.1) is 10.1 Å². The molecule has 0 radical (unpaired) electrons. The Hall–Kier alpha value is -3.74. The van der Waals surface area contributed by atoms with Crippen molar-refractivity contribution >= 4 is 17.3 Å². The Balaban J connectivity index is 1.65. The first-order valence-corrected chi connectivity index (χ1v) is 8.69. The summed E-state index contributed by atoms with van der Waals surface area (Å²) in [6.45, 7) is 0.0808. The molecule has 1 N–H and O–H groups in total. The molecule has 0 saturated carbocycles. The summed E-state index contributed by atoms with van der Waals surface area (Å²) in [6.07, 6.45) is 4.49. The SMILES string of the molecule is COc1ccc([N+](=O)[O-])cc1NC(=O)C[n+]1ccc(Cc2ccccc2)cc1. The Morgan fingerprint density at radius 1 is 1.07 bits per heavy atom. The molecule has 0 aliphatic heterocycles. The molecular weight excluding hydrogens is 358 g/mol. The lowest BCUT2D eigenvalue weighted by atomic mass is 10.1. The molecule has 28 heavy (non-hydrogen) atoms. The molecule has 3 rings (SSSR count). The standard InChI is InChI=1S/C21H19N3O4/c1-28-20-8-7-18(24(26)27)14-19(20)22-21(25)15-23-11-9-17(10-12-23)13-16-5-3-2-4-6-16/h2-12,14H,13,15H2,1H3/p+1. The normalized spacial score (nSPS) is 10.3. The number of carbonyl (C=O) groups excluding carboxylic acids is 1. The van der Waals surface area contributed by atoms with E-state index in [1.54, 1.807) is 4.57 Å². The number of aromatic nitrogens is 1. The number of nitro groups is 1. The highest BCUT2D eigenvalue weighted by Crippen LogP contribution is 2.28. The van der Waals surface area contributed by atoms with E-state index in [0.29, 0.717) is 5.75 Å². The lowest BCUT2D eigenvalue weighted by Crippen LogP contribution is -2.39. The molecule has 1 heterocycles. The van der Waals surface area contributed by atoms with Crippen LogP contribution < -0.4 is 14.6 Å². The number of nitrogens with zero attached hydrogens (tertiary/aromatic N) is 2. The number of rotatable bonds is 7. The summed E-state index contributed by atoms with van der Waals surface area (Å²) < 4.78 is 6.90. The van der Waals surface area contributed by atoms with Crippen LogP contribution in [0.2, 0.25) is 0 Å². The average molecular weight is 378 g/mol. The number of ether oxygens (including phenoxy) is 1. The quantitative estimate of drug-likeness (QED) is 0.389. The van der Waals surface area contributed by atoms with Gasteiger partial charge in [-0.2, -0.15) is 4.57 Å². The second kappa shape index (κ2) is 8.77. The Labute approximate surface area is 162 Å². The molecule has 7 heteroatoms. The van der Waals surface area contributed by atoms with Gasteiger partial charge in [0.1, 0.15) is 5.75 Å². The first-order valence-electron chi connectivity index (χ1n) is 8.69. The highest BCUT2D eigenvalue weighted by atomic mass is 16.6. The van der Waals surface area contributed by atoms with Crippen molar-refractivity contribution in [1.82, 2.24) is 0 Å². The Morgan fingerprint density at radius 2 is 1.75 bits per heavy atom. The number of pyridine rings is 1. The van der Waals surface area contributed by atoms with Crippen LogP contribution >= 0.6 is 0 Å². The Bertz CT molecular complexity index is 973. The summed E-state index contributed by atoms with van der Waals surface area (Å²) >= 11 is 0. The minimum atomic E-state index is -0.519. The summed E-state index contributed by atoms with van der Waals surface area (Å²) in [5.74, 6) is 0.0572. The van der Waals surface area contributed by atoms with Gasteiger partial charge in [0.25, 0.3) is 11.6 Å². The van der Waals surface area contributed by atoms with Crippen LogP contribution in [0.5, 0.6) is 5.75 Å². The molecule has 0 saturated heterocycles. The Morgan fingerprint density at radius 3 is 2.39 bits per heavy atom. The fourth-order valence-corrected chi connectivity index (χ4v) is 2.81. The van der Waals surface area contributed by atoms with Gasteiger partial charge in [-0.15, -0.1) is 0 Å². The van der Waals surface area contributed by atoms with Crippen molar-refractivity contribution in [1.29, 1.82) is 0 Å². The number of benzene rings is 2. The molecule has 0 aliphatic rings. The third-order valence-electron chi connectivity index (χ3n) is 4.21. The van der Waals surface area contributed by atoms with Crippen LogP contribution in [-0.2, 0) is 17.8 Å². The van der Waals surface area contributed by atoms with Gasteiger partial charge in [-0.25, -0.2) is 0 Å². The van der Waals surface area contributed by atoms with E-state index in [1.165, 1.54) is 30.9 Å². The van der Waals surface area contributed by atoms with E-state index in [1.807, 2.05) is 42.7 Å². The van der Waals surface area contributed by atoms with E-state index >= 15 is 0 Å². The van der Waals surface area contributed by atoms with Crippen LogP contribution in [0.1, 0.15) is 11.1 Å². The molecule has 0 aliphatic carbocycles. The maximum atomic E-state index is 12.3. The van der Waals surface area contributed by atoms with E-state index in [9.17, 15) is 14.9 Å². The van der Waals surface area contributed by atoms with Crippen LogP contribution in [0.4, 0.5) is 11.4 Å². The van der Waals surface area contributed by atoms with Gasteiger partial charge in [0.15, 0.2) is 12.4 Å². The van der Waals surface area contributed by atoms with Crippen LogP contribution in [0.25, 0.3) is 0 Å². The van der Waals surface area contributed by atoms with Gasteiger partial charge in [-0.3, -0.25) is 14.9 Å². The van der Waals surface area contributed by atoms with Gasteiger partial charge in [0.05, 0.1) is 17.7 Å². The van der Waals surface area contributed by atoms with Gasteiger partial charge in [0.2, 0.25) is 6.54 Å². The number of nitro benzene ring substituents is 1. The molecule has 2 aromatic carbocycles. The van der Waals surface area contributed by atoms with Crippen LogP contribution in [-0.4, -0.2) is 17.9 Å². The minimum Gasteiger partial charge on any atom is -0.495 e. The molecule has 142 valence electrons. The third-order valence-corrected chi connectivity index (χ3v) is 4.21. The monoisotopic (exact) mass is 378 g/mol. The predicted molar refractivity (Wildman–Crippen MR) is 104 cm³/mol. The highest BCUT2D eigenvalue weighted by Gasteiger charge is 2.16. The summed E-state index contributed by atoms with van der Waals surface area (Å²) in [4.78, 5) is 22.8. The van der Waals surface area contributed by atoms with E-state index in [-0.39, 0.29) is 23.8 Å². The molecule has 1 aromatic heterocycles. The van der Waals surface area contributed by atoms with E-state index in [4.69, 9.17) is 4.74 Å². The van der Waals surface area contributed by atoms with Gasteiger partial charge in [-0.05, 0) is 23.6 Å². The molecule has 0 atom stereocenters. The fourth-order valence-electron chi connectivity index (χ4n) is 2.81. The van der Waals surface area contributed by atoms with Gasteiger partial charge in [0, 0.05) is 24.3 Å². The maximum Gasteiger partial charge on any atom is 0.290 e. The number of nitrogens with one attached hydrogen (secondary N) is 1. The summed E-state index contributed by atoms with van der Waals surface area (Å²) in [5, 5.41) is 13.6. The smallest absolute Gasteiger partial charge is 0.290 e. The van der Waals surface area contributed by atoms with Crippen LogP contribution in [0.3, 0.4) is 0 Å². The first kappa shape index (κ1) is 19.0. The summed E-state index contributed by atoms with van der Waals surface area (Å²) in [5.41, 5.74) is 2.51. The second-order valence-electron chi connectivity index (χ2n) is 6.23. The lowest BCUT2D eigenvalue weighted by Gasteiger charge is -2.09. The number of amides is 1. The zero-order valence-electron chi connectivity index (χ0n) is 15.4. The molecule has 1 amide bonds. The predicted octanol–water partition coefficient (Wildman–Crippen LogP) is 3.12. The maximum absolute atomic E-state index is 12.3. The number of hydrogen-bond acceptors (Lipinski definition) is 4. The second-order valence-corrected chi connectivity index (χ2v) is 6.23. The van der Waals surface area contributed by atoms with E-state index in [0.717, 1.165) is 12.0 Å². The fraction of sp³-hybridized carbons (Fsp3) is 0.143. The van der Waals surface area contributed by atoms with E-state index in [2.05, 4.69) is 17.4 Å². The highest BCUT2D eigenvalue weighted by molar-refractivity contribution is 5.91. The molecular formula is C21H20N3O4+. The van der Waals surface area contributed by atoms with Crippen molar-refractivity contribution in [2.24, 2.45) is 0 Å². The van der Waals surface area contributed by atoms with Crippen molar-refractivity contribution in [2.45, 2.75) is 13.0 Å². The van der Waals surface area contributed by atoms with Crippen molar-refractivity contribution in [3.8, 4) is 5.75 Å². The van der Waals surface area contributed by atoms with Gasteiger partial charge in [-0.1, -0.05) is 30.3 Å². The number of hydrogen-bond donors (Lipinski definition) is 1. The van der Waals surface area contributed by atoms with Gasteiger partial charge >= 0.3 is 0 Å². The van der Waals surface area contributed by atoms with Gasteiger partial charge < -0.3 is 10.1 Å². The van der Waals surface area contributed by atoms with Crippen LogP contribution in [0.15, 0.2) is 73.1 Å². The molecule has 7 nitrogen and oxygen atoms in total. The molecule has 0 unspecified atom stereocenters. The van der Waals surface area contributed by atoms with E-state index < -0.39 is 4.92 Å².